The predicted molar refractivity (Wildman–Crippen MR) is 102 cm³/mol. The molecule has 0 bridgehead atoms. The van der Waals surface area contributed by atoms with Gasteiger partial charge in [0.2, 0.25) is 10.0 Å². The number of pyridine rings is 1. The van der Waals surface area contributed by atoms with E-state index in [9.17, 15) is 18.0 Å². The molecule has 0 saturated carbocycles. The van der Waals surface area contributed by atoms with Gasteiger partial charge in [-0.3, -0.25) is 9.78 Å². The Bertz CT molecular complexity index is 896. The second-order valence-corrected chi connectivity index (χ2v) is 7.99. The Morgan fingerprint density at radius 2 is 1.79 bits per heavy atom. The van der Waals surface area contributed by atoms with Crippen molar-refractivity contribution in [1.29, 1.82) is 0 Å². The molecule has 2 aromatic rings. The number of sulfonamides is 1. The molecule has 0 aliphatic heterocycles. The number of carbonyl (C=O) groups is 2. The van der Waals surface area contributed by atoms with Crippen LogP contribution in [0.4, 0.5) is 0 Å². The van der Waals surface area contributed by atoms with Crippen LogP contribution in [-0.2, 0) is 26.1 Å². The van der Waals surface area contributed by atoms with Crippen LogP contribution < -0.4 is 4.72 Å². The van der Waals surface area contributed by atoms with Gasteiger partial charge in [0.1, 0.15) is 6.61 Å². The van der Waals surface area contributed by atoms with Crippen molar-refractivity contribution in [2.24, 2.45) is 0 Å². The highest BCUT2D eigenvalue weighted by Gasteiger charge is 2.17. The number of ether oxygens (including phenoxy) is 2. The summed E-state index contributed by atoms with van der Waals surface area (Å²) < 4.78 is 36.1. The molecular weight excluding hydrogens is 384 g/mol. The molecule has 8 nitrogen and oxygen atoms in total. The molecule has 0 fully saturated rings. The Labute approximate surface area is 163 Å². The Morgan fingerprint density at radius 1 is 1.07 bits per heavy atom. The lowest BCUT2D eigenvalue weighted by Crippen LogP contribution is -2.34. The van der Waals surface area contributed by atoms with Crippen LogP contribution in [-0.4, -0.2) is 43.7 Å². The fraction of sp³-hybridized carbons (Fsp3) is 0.316. The normalized spacial score (nSPS) is 11.2. The Balaban J connectivity index is 1.87. The highest BCUT2D eigenvalue weighted by molar-refractivity contribution is 7.90. The summed E-state index contributed by atoms with van der Waals surface area (Å²) in [5.41, 5.74) is 0.922. The van der Waals surface area contributed by atoms with Crippen LogP contribution in [0.1, 0.15) is 40.3 Å². The third kappa shape index (κ3) is 7.09. The van der Waals surface area contributed by atoms with E-state index in [-0.39, 0.29) is 30.6 Å². The molecule has 0 atom stereocenters. The molecule has 2 rings (SSSR count). The second-order valence-electron chi connectivity index (χ2n) is 6.15. The van der Waals surface area contributed by atoms with E-state index < -0.39 is 21.9 Å². The van der Waals surface area contributed by atoms with Crippen molar-refractivity contribution in [3.05, 3.63) is 65.5 Å². The second kappa shape index (κ2) is 9.95. The van der Waals surface area contributed by atoms with Crippen molar-refractivity contribution < 1.29 is 27.5 Å². The zero-order valence-corrected chi connectivity index (χ0v) is 16.4. The monoisotopic (exact) mass is 406 g/mol. The first-order chi connectivity index (χ1) is 13.3. The highest BCUT2D eigenvalue weighted by atomic mass is 32.2. The summed E-state index contributed by atoms with van der Waals surface area (Å²) in [5, 5.41) is 0. The number of nitrogens with zero attached hydrogens (tertiary/aromatic N) is 1. The molecular formula is C19H22N2O6S. The lowest BCUT2D eigenvalue weighted by molar-refractivity contribution is 0.0467. The topological polar surface area (TPSA) is 112 Å². The summed E-state index contributed by atoms with van der Waals surface area (Å²) in [6.45, 7) is 3.50. The lowest BCUT2D eigenvalue weighted by atomic mass is 10.2. The van der Waals surface area contributed by atoms with Gasteiger partial charge < -0.3 is 9.47 Å². The Morgan fingerprint density at radius 3 is 2.39 bits per heavy atom. The number of hydrogen-bond donors (Lipinski definition) is 1. The summed E-state index contributed by atoms with van der Waals surface area (Å²) >= 11 is 0. The van der Waals surface area contributed by atoms with E-state index in [2.05, 4.69) is 4.98 Å². The van der Waals surface area contributed by atoms with Crippen molar-refractivity contribution in [2.45, 2.75) is 26.6 Å². The van der Waals surface area contributed by atoms with Crippen LogP contribution >= 0.6 is 0 Å². The van der Waals surface area contributed by atoms with E-state index in [0.717, 1.165) is 0 Å². The first-order valence-corrected chi connectivity index (χ1v) is 10.3. The molecule has 0 radical (unpaired) electrons. The van der Waals surface area contributed by atoms with Crippen LogP contribution in [0.3, 0.4) is 0 Å². The third-order valence-electron chi connectivity index (χ3n) is 3.50. The first-order valence-electron chi connectivity index (χ1n) is 8.60. The number of nitrogens with one attached hydrogen (secondary N) is 1. The maximum absolute atomic E-state index is 12.1. The minimum atomic E-state index is -3.81. The van der Waals surface area contributed by atoms with Crippen molar-refractivity contribution >= 4 is 21.9 Å². The van der Waals surface area contributed by atoms with E-state index in [4.69, 9.17) is 9.47 Å². The minimum Gasteiger partial charge on any atom is -0.456 e. The van der Waals surface area contributed by atoms with Gasteiger partial charge in [-0.25, -0.2) is 17.9 Å². The SMILES string of the molecule is CC(C)OCCS(=O)(=O)NC(=O)c1ccc(COC(=O)c2ccccc2)nc1. The Hall–Kier alpha value is -2.78. The number of aromatic nitrogens is 1. The summed E-state index contributed by atoms with van der Waals surface area (Å²) in [4.78, 5) is 28.0. The molecule has 1 aromatic heterocycles. The number of esters is 1. The van der Waals surface area contributed by atoms with Crippen molar-refractivity contribution in [3.8, 4) is 0 Å². The molecule has 1 amide bonds. The third-order valence-corrected chi connectivity index (χ3v) is 4.70. The highest BCUT2D eigenvalue weighted by Crippen LogP contribution is 2.06. The van der Waals surface area contributed by atoms with Gasteiger partial charge >= 0.3 is 5.97 Å². The first kappa shape index (κ1) is 21.5. The zero-order chi connectivity index (χ0) is 20.6. The van der Waals surface area contributed by atoms with Gasteiger partial charge in [-0.2, -0.15) is 0 Å². The van der Waals surface area contributed by atoms with Crippen LogP contribution in [0.2, 0.25) is 0 Å². The summed E-state index contributed by atoms with van der Waals surface area (Å²) in [6, 6.07) is 11.4. The van der Waals surface area contributed by atoms with E-state index >= 15 is 0 Å². The van der Waals surface area contributed by atoms with Gasteiger partial charge in [-0.15, -0.1) is 0 Å². The van der Waals surface area contributed by atoms with Gasteiger partial charge in [0, 0.05) is 6.20 Å². The quantitative estimate of drug-likeness (QED) is 0.633. The predicted octanol–water partition coefficient (Wildman–Crippen LogP) is 1.92. The van der Waals surface area contributed by atoms with Gasteiger partial charge in [0.05, 0.1) is 35.3 Å². The van der Waals surface area contributed by atoms with Crippen molar-refractivity contribution in [3.63, 3.8) is 0 Å². The van der Waals surface area contributed by atoms with Crippen LogP contribution in [0.25, 0.3) is 0 Å². The summed E-state index contributed by atoms with van der Waals surface area (Å²) in [5.74, 6) is -1.60. The van der Waals surface area contributed by atoms with E-state index in [1.54, 1.807) is 44.2 Å². The maximum Gasteiger partial charge on any atom is 0.338 e. The van der Waals surface area contributed by atoms with Gasteiger partial charge in [0.15, 0.2) is 0 Å². The summed E-state index contributed by atoms with van der Waals surface area (Å²) in [6.07, 6.45) is 1.12. The lowest BCUT2D eigenvalue weighted by Gasteiger charge is -2.09. The average molecular weight is 406 g/mol. The standard InChI is InChI=1S/C19H22N2O6S/c1-14(2)26-10-11-28(24,25)21-18(22)16-8-9-17(20-12-16)13-27-19(23)15-6-4-3-5-7-15/h3-9,12,14H,10-11,13H2,1-2H3,(H,21,22). The molecule has 0 saturated heterocycles. The fourth-order valence-corrected chi connectivity index (χ4v) is 2.90. The van der Waals surface area contributed by atoms with Crippen molar-refractivity contribution in [1.82, 2.24) is 9.71 Å². The van der Waals surface area contributed by atoms with Crippen LogP contribution in [0.5, 0.6) is 0 Å². The van der Waals surface area contributed by atoms with Gasteiger partial charge in [-0.1, -0.05) is 18.2 Å². The Kier molecular flexibility index (Phi) is 7.65. The largest absolute Gasteiger partial charge is 0.456 e. The maximum atomic E-state index is 12.1. The molecule has 0 unspecified atom stereocenters. The molecule has 0 aliphatic rings. The molecule has 1 aromatic carbocycles. The molecule has 0 aliphatic carbocycles. The van der Waals surface area contributed by atoms with Crippen LogP contribution in [0.15, 0.2) is 48.7 Å². The molecule has 150 valence electrons. The van der Waals surface area contributed by atoms with E-state index in [1.807, 2.05) is 4.72 Å². The number of hydrogen-bond acceptors (Lipinski definition) is 7. The van der Waals surface area contributed by atoms with Crippen LogP contribution in [0, 0.1) is 0 Å². The molecule has 0 spiro atoms. The molecule has 9 heteroatoms. The molecule has 1 N–H and O–H groups in total. The average Bonchev–Trinajstić information content (AvgIpc) is 2.66. The van der Waals surface area contributed by atoms with Crippen molar-refractivity contribution in [2.75, 3.05) is 12.4 Å². The molecule has 28 heavy (non-hydrogen) atoms. The number of benzene rings is 1. The smallest absolute Gasteiger partial charge is 0.338 e. The van der Waals surface area contributed by atoms with Gasteiger partial charge in [-0.05, 0) is 38.1 Å². The van der Waals surface area contributed by atoms with E-state index in [0.29, 0.717) is 11.3 Å². The minimum absolute atomic E-state index is 0.00967. The number of carbonyl (C=O) groups excluding carboxylic acids is 2. The summed E-state index contributed by atoms with van der Waals surface area (Å²) in [7, 11) is -3.81. The number of rotatable bonds is 9. The molecule has 1 heterocycles. The fourth-order valence-electron chi connectivity index (χ4n) is 2.09. The van der Waals surface area contributed by atoms with Gasteiger partial charge in [0.25, 0.3) is 5.91 Å². The number of amides is 1. The zero-order valence-electron chi connectivity index (χ0n) is 15.6. The van der Waals surface area contributed by atoms with E-state index in [1.165, 1.54) is 18.3 Å².